The first-order valence-corrected chi connectivity index (χ1v) is 13.3. The Morgan fingerprint density at radius 2 is 1.07 bits per heavy atom. The molecule has 0 bridgehead atoms. The number of hydrogen-bond donors (Lipinski definition) is 0. The Bertz CT molecular complexity index is 2200. The van der Waals surface area contributed by atoms with Gasteiger partial charge in [0, 0.05) is 38.9 Å². The molecule has 8 rings (SSSR count). The van der Waals surface area contributed by atoms with Crippen molar-refractivity contribution in [2.45, 2.75) is 0 Å². The van der Waals surface area contributed by atoms with Gasteiger partial charge in [-0.2, -0.15) is 0 Å². The van der Waals surface area contributed by atoms with E-state index in [1.807, 2.05) is 48.7 Å². The van der Waals surface area contributed by atoms with Crippen LogP contribution >= 0.6 is 0 Å². The zero-order chi connectivity index (χ0) is 26.5. The fraction of sp³-hybridized carbons (Fsp3) is 0. The van der Waals surface area contributed by atoms with Gasteiger partial charge in [0.05, 0.1) is 27.8 Å². The summed E-state index contributed by atoms with van der Waals surface area (Å²) in [5.41, 5.74) is 8.84. The van der Waals surface area contributed by atoms with E-state index >= 15 is 0 Å². The topological polar surface area (TPSA) is 51.6 Å². The lowest BCUT2D eigenvalue weighted by molar-refractivity contribution is 1.24. The molecule has 40 heavy (non-hydrogen) atoms. The summed E-state index contributed by atoms with van der Waals surface area (Å²) in [5, 5.41) is 4.09. The third-order valence-corrected chi connectivity index (χ3v) is 7.52. The van der Waals surface area contributed by atoms with Crippen LogP contribution in [-0.2, 0) is 0 Å². The molecule has 3 heterocycles. The number of benzene rings is 5. The van der Waals surface area contributed by atoms with Crippen molar-refractivity contribution in [2.24, 2.45) is 0 Å². The Hall–Kier alpha value is -5.48. The summed E-state index contributed by atoms with van der Waals surface area (Å²) in [4.78, 5) is 20.1. The highest BCUT2D eigenvalue weighted by molar-refractivity contribution is 6.15. The second kappa shape index (κ2) is 9.07. The number of rotatable bonds is 3. The monoisotopic (exact) mass is 510 g/mol. The van der Waals surface area contributed by atoms with Gasteiger partial charge < -0.3 is 0 Å². The molecule has 0 unspecified atom stereocenters. The Balaban J connectivity index is 1.41. The molecule has 4 nitrogen and oxygen atoms in total. The van der Waals surface area contributed by atoms with Crippen LogP contribution in [0.2, 0.25) is 0 Å². The largest absolute Gasteiger partial charge is 0.254 e. The third-order valence-electron chi connectivity index (χ3n) is 7.52. The predicted molar refractivity (Wildman–Crippen MR) is 164 cm³/mol. The van der Waals surface area contributed by atoms with Gasteiger partial charge in [-0.15, -0.1) is 0 Å². The lowest BCUT2D eigenvalue weighted by Crippen LogP contribution is -1.98. The second-order valence-electron chi connectivity index (χ2n) is 9.90. The molecule has 3 aromatic heterocycles. The number of hydrogen-bond acceptors (Lipinski definition) is 4. The normalized spacial score (nSPS) is 11.5. The Morgan fingerprint density at radius 1 is 0.400 bits per heavy atom. The quantitative estimate of drug-likeness (QED) is 0.176. The molecule has 0 aliphatic rings. The first-order valence-electron chi connectivity index (χ1n) is 13.3. The van der Waals surface area contributed by atoms with Gasteiger partial charge in [-0.1, -0.05) is 109 Å². The van der Waals surface area contributed by atoms with Gasteiger partial charge in [-0.3, -0.25) is 4.98 Å². The maximum Gasteiger partial charge on any atom is 0.161 e. The minimum atomic E-state index is 0.680. The highest BCUT2D eigenvalue weighted by Crippen LogP contribution is 2.38. The van der Waals surface area contributed by atoms with E-state index in [1.165, 1.54) is 11.1 Å². The summed E-state index contributed by atoms with van der Waals surface area (Å²) < 4.78 is 0. The van der Waals surface area contributed by atoms with Crippen molar-refractivity contribution in [1.82, 2.24) is 19.9 Å². The molecule has 0 atom stereocenters. The maximum atomic E-state index is 5.26. The molecule has 4 heteroatoms. The molecule has 0 aliphatic carbocycles. The molecule has 186 valence electrons. The van der Waals surface area contributed by atoms with E-state index in [9.17, 15) is 0 Å². The summed E-state index contributed by atoms with van der Waals surface area (Å²) in [5.74, 6) is 0.680. The highest BCUT2D eigenvalue weighted by Gasteiger charge is 2.18. The molecule has 0 amide bonds. The van der Waals surface area contributed by atoms with Crippen LogP contribution in [0.1, 0.15) is 0 Å². The van der Waals surface area contributed by atoms with Crippen LogP contribution in [0.25, 0.3) is 77.4 Å². The fourth-order valence-corrected chi connectivity index (χ4v) is 5.59. The lowest BCUT2D eigenvalue weighted by Gasteiger charge is -2.14. The molecule has 5 aromatic carbocycles. The van der Waals surface area contributed by atoms with Crippen LogP contribution in [0.3, 0.4) is 0 Å². The molecule has 0 radical (unpaired) electrons. The van der Waals surface area contributed by atoms with Gasteiger partial charge >= 0.3 is 0 Å². The molecule has 0 saturated carbocycles. The van der Waals surface area contributed by atoms with Crippen molar-refractivity contribution in [2.75, 3.05) is 0 Å². The SMILES string of the molecule is c1ccc(-c2ccc(-c3nc(-c4c5ccccc5nc5c4ccc4cccnc45)nc4ccccc34)cc2)cc1. The summed E-state index contributed by atoms with van der Waals surface area (Å²) in [6.45, 7) is 0. The van der Waals surface area contributed by atoms with Crippen molar-refractivity contribution < 1.29 is 0 Å². The molecular formula is C36H22N4. The molecule has 0 N–H and O–H groups in total. The summed E-state index contributed by atoms with van der Waals surface area (Å²) in [6.07, 6.45) is 1.82. The van der Waals surface area contributed by atoms with Gasteiger partial charge in [0.1, 0.15) is 0 Å². The fourth-order valence-electron chi connectivity index (χ4n) is 5.59. The van der Waals surface area contributed by atoms with Crippen LogP contribution in [0.5, 0.6) is 0 Å². The van der Waals surface area contributed by atoms with Crippen molar-refractivity contribution in [3.63, 3.8) is 0 Å². The van der Waals surface area contributed by atoms with E-state index in [0.29, 0.717) is 5.82 Å². The molecule has 0 saturated heterocycles. The number of nitrogens with zero attached hydrogens (tertiary/aromatic N) is 4. The van der Waals surface area contributed by atoms with Gasteiger partial charge in [-0.05, 0) is 29.3 Å². The summed E-state index contributed by atoms with van der Waals surface area (Å²) in [7, 11) is 0. The lowest BCUT2D eigenvalue weighted by atomic mass is 9.98. The van der Waals surface area contributed by atoms with Crippen molar-refractivity contribution in [3.8, 4) is 33.8 Å². The Kier molecular flexibility index (Phi) is 5.10. The van der Waals surface area contributed by atoms with Crippen LogP contribution in [0, 0.1) is 0 Å². The van der Waals surface area contributed by atoms with E-state index < -0.39 is 0 Å². The number of aromatic nitrogens is 4. The highest BCUT2D eigenvalue weighted by atomic mass is 14.9. The van der Waals surface area contributed by atoms with E-state index in [2.05, 4.69) is 84.9 Å². The van der Waals surface area contributed by atoms with Crippen molar-refractivity contribution >= 4 is 43.6 Å². The smallest absolute Gasteiger partial charge is 0.161 e. The molecule has 0 aliphatic heterocycles. The maximum absolute atomic E-state index is 5.26. The second-order valence-corrected chi connectivity index (χ2v) is 9.90. The van der Waals surface area contributed by atoms with Gasteiger partial charge in [0.2, 0.25) is 0 Å². The zero-order valence-electron chi connectivity index (χ0n) is 21.5. The van der Waals surface area contributed by atoms with E-state index in [1.54, 1.807) is 0 Å². The number of fused-ring (bicyclic) bond motifs is 5. The van der Waals surface area contributed by atoms with E-state index in [0.717, 1.165) is 60.4 Å². The van der Waals surface area contributed by atoms with Crippen LogP contribution in [0.4, 0.5) is 0 Å². The Labute approximate surface area is 230 Å². The summed E-state index contributed by atoms with van der Waals surface area (Å²) in [6, 6.07) is 43.8. The average molecular weight is 511 g/mol. The third kappa shape index (κ3) is 3.62. The minimum absolute atomic E-state index is 0.680. The van der Waals surface area contributed by atoms with Crippen LogP contribution in [-0.4, -0.2) is 19.9 Å². The van der Waals surface area contributed by atoms with Crippen molar-refractivity contribution in [3.05, 3.63) is 134 Å². The summed E-state index contributed by atoms with van der Waals surface area (Å²) >= 11 is 0. The van der Waals surface area contributed by atoms with Crippen molar-refractivity contribution in [1.29, 1.82) is 0 Å². The van der Waals surface area contributed by atoms with Gasteiger partial charge in [0.15, 0.2) is 5.82 Å². The molecule has 0 spiro atoms. The van der Waals surface area contributed by atoms with Gasteiger partial charge in [0.25, 0.3) is 0 Å². The van der Waals surface area contributed by atoms with E-state index in [-0.39, 0.29) is 0 Å². The number of pyridine rings is 2. The van der Waals surface area contributed by atoms with E-state index in [4.69, 9.17) is 19.9 Å². The minimum Gasteiger partial charge on any atom is -0.254 e. The standard InChI is InChI=1S/C36H22N4/c1-2-9-23(10-3-1)24-16-18-26(19-17-24)33-28-13-5-7-15-31(28)39-36(40-33)32-27-12-4-6-14-30(27)38-35-29(32)21-20-25-11-8-22-37-34(25)35/h1-22H. The van der Waals surface area contributed by atoms with Gasteiger partial charge in [-0.25, -0.2) is 15.0 Å². The predicted octanol–water partition coefficient (Wildman–Crippen LogP) is 8.88. The number of para-hydroxylation sites is 2. The first-order chi connectivity index (χ1) is 19.8. The van der Waals surface area contributed by atoms with Crippen LogP contribution < -0.4 is 0 Å². The van der Waals surface area contributed by atoms with Crippen LogP contribution in [0.15, 0.2) is 134 Å². The molecular weight excluding hydrogens is 488 g/mol. The first kappa shape index (κ1) is 22.5. The average Bonchev–Trinajstić information content (AvgIpc) is 3.03. The Morgan fingerprint density at radius 3 is 1.90 bits per heavy atom. The zero-order valence-corrected chi connectivity index (χ0v) is 21.5. The molecule has 0 fully saturated rings. The molecule has 8 aromatic rings.